The number of aliphatic hydroxyl groups is 3. The van der Waals surface area contributed by atoms with Crippen molar-refractivity contribution < 1.29 is 20.1 Å². The minimum Gasteiger partial charge on any atom is -0.394 e. The van der Waals surface area contributed by atoms with Gasteiger partial charge in [-0.25, -0.2) is 4.98 Å². The number of H-pyrrole nitrogens is 1. The van der Waals surface area contributed by atoms with Gasteiger partial charge in [-0.05, 0) is 12.1 Å². The van der Waals surface area contributed by atoms with Gasteiger partial charge in [-0.15, -0.1) is 0 Å². The molecule has 0 spiro atoms. The summed E-state index contributed by atoms with van der Waals surface area (Å²) >= 11 is 5.90. The van der Waals surface area contributed by atoms with Gasteiger partial charge >= 0.3 is 0 Å². The molecule has 0 bridgehead atoms. The van der Waals surface area contributed by atoms with Crippen LogP contribution in [0.15, 0.2) is 18.3 Å². The van der Waals surface area contributed by atoms with Gasteiger partial charge in [0.25, 0.3) is 5.91 Å². The molecular weight excluding hydrogens is 286 g/mol. The first-order chi connectivity index (χ1) is 9.55. The lowest BCUT2D eigenvalue weighted by Crippen LogP contribution is -2.57. The molecule has 0 aliphatic rings. The maximum absolute atomic E-state index is 12.1. The lowest BCUT2D eigenvalue weighted by molar-refractivity contribution is 0.0373. The molecule has 0 radical (unpaired) electrons. The minimum atomic E-state index is -1.48. The van der Waals surface area contributed by atoms with Gasteiger partial charge in [0.1, 0.15) is 11.2 Å². The van der Waals surface area contributed by atoms with Crippen LogP contribution in [0.3, 0.4) is 0 Å². The van der Waals surface area contributed by atoms with Crippen LogP contribution in [0, 0.1) is 0 Å². The highest BCUT2D eigenvalue weighted by atomic mass is 35.5. The Bertz CT molecular complexity index is 616. The Balaban J connectivity index is 2.30. The van der Waals surface area contributed by atoms with Crippen molar-refractivity contribution in [1.82, 2.24) is 15.3 Å². The summed E-state index contributed by atoms with van der Waals surface area (Å²) < 4.78 is 0. The molecule has 0 fully saturated rings. The van der Waals surface area contributed by atoms with E-state index in [2.05, 4.69) is 15.3 Å². The zero-order valence-corrected chi connectivity index (χ0v) is 11.2. The molecule has 20 heavy (non-hydrogen) atoms. The van der Waals surface area contributed by atoms with E-state index in [0.717, 1.165) is 0 Å². The number of rotatable bonds is 5. The summed E-state index contributed by atoms with van der Waals surface area (Å²) in [5.74, 6) is -0.575. The summed E-state index contributed by atoms with van der Waals surface area (Å²) in [6.45, 7) is -1.77. The van der Waals surface area contributed by atoms with Gasteiger partial charge in [0, 0.05) is 11.6 Å². The first-order valence-electron chi connectivity index (χ1n) is 5.83. The molecule has 5 N–H and O–H groups in total. The molecule has 7 nitrogen and oxygen atoms in total. The molecule has 108 valence electrons. The van der Waals surface area contributed by atoms with Crippen molar-refractivity contribution in [2.75, 3.05) is 19.8 Å². The number of carbonyl (C=O) groups is 1. The Kier molecular flexibility index (Phi) is 4.24. The van der Waals surface area contributed by atoms with Crippen molar-refractivity contribution in [3.63, 3.8) is 0 Å². The third-order valence-electron chi connectivity index (χ3n) is 3.03. The minimum absolute atomic E-state index is 0.189. The van der Waals surface area contributed by atoms with Crippen LogP contribution in [-0.2, 0) is 0 Å². The fourth-order valence-corrected chi connectivity index (χ4v) is 1.93. The molecule has 2 rings (SSSR count). The number of fused-ring (bicyclic) bond motifs is 1. The predicted molar refractivity (Wildman–Crippen MR) is 72.6 cm³/mol. The van der Waals surface area contributed by atoms with Crippen molar-refractivity contribution in [2.24, 2.45) is 0 Å². The van der Waals surface area contributed by atoms with E-state index in [9.17, 15) is 20.1 Å². The number of nitrogens with one attached hydrogen (secondary N) is 2. The number of halogens is 1. The van der Waals surface area contributed by atoms with E-state index < -0.39 is 31.3 Å². The second-order valence-electron chi connectivity index (χ2n) is 4.46. The molecule has 1 amide bonds. The first-order valence-corrected chi connectivity index (χ1v) is 6.21. The third kappa shape index (κ3) is 2.61. The highest BCUT2D eigenvalue weighted by Gasteiger charge is 2.30. The van der Waals surface area contributed by atoms with E-state index in [-0.39, 0.29) is 10.8 Å². The number of amides is 1. The van der Waals surface area contributed by atoms with Gasteiger partial charge in [-0.1, -0.05) is 11.6 Å². The van der Waals surface area contributed by atoms with Crippen LogP contribution in [-0.4, -0.2) is 56.6 Å². The number of hydrogen-bond donors (Lipinski definition) is 5. The van der Waals surface area contributed by atoms with Gasteiger partial charge in [0.05, 0.1) is 25.3 Å². The average Bonchev–Trinajstić information content (AvgIpc) is 2.90. The van der Waals surface area contributed by atoms with E-state index in [0.29, 0.717) is 10.9 Å². The van der Waals surface area contributed by atoms with E-state index in [1.165, 1.54) is 6.20 Å². The second kappa shape index (κ2) is 5.76. The van der Waals surface area contributed by atoms with Crippen LogP contribution in [0.25, 0.3) is 10.9 Å². The molecule has 0 atom stereocenters. The Labute approximate surface area is 119 Å². The van der Waals surface area contributed by atoms with Gasteiger partial charge in [0.2, 0.25) is 0 Å². The number of aliphatic hydroxyl groups excluding tert-OH is 3. The molecule has 0 saturated heterocycles. The van der Waals surface area contributed by atoms with Crippen LogP contribution in [0.5, 0.6) is 0 Å². The van der Waals surface area contributed by atoms with Crippen LogP contribution >= 0.6 is 11.6 Å². The standard InChI is InChI=1S/C12H14ClN3O4/c13-10-9-7(1-2-14-10)3-8(15-9)11(20)16-12(4-17,5-18)6-19/h1-3,15,17-19H,4-6H2,(H,16,20). The predicted octanol–water partition coefficient (Wildman–Crippen LogP) is -0.338. The van der Waals surface area contributed by atoms with Gasteiger partial charge in [0.15, 0.2) is 5.15 Å². The smallest absolute Gasteiger partial charge is 0.268 e. The molecule has 0 aromatic carbocycles. The highest BCUT2D eigenvalue weighted by Crippen LogP contribution is 2.21. The topological polar surface area (TPSA) is 118 Å². The molecule has 0 unspecified atom stereocenters. The van der Waals surface area contributed by atoms with E-state index in [4.69, 9.17) is 11.6 Å². The molecule has 2 aromatic rings. The monoisotopic (exact) mass is 299 g/mol. The largest absolute Gasteiger partial charge is 0.394 e. The maximum Gasteiger partial charge on any atom is 0.268 e. The maximum atomic E-state index is 12.1. The Morgan fingerprint density at radius 3 is 2.55 bits per heavy atom. The van der Waals surface area contributed by atoms with Crippen LogP contribution in [0.1, 0.15) is 10.5 Å². The lowest BCUT2D eigenvalue weighted by atomic mass is 10.0. The number of hydrogen-bond acceptors (Lipinski definition) is 5. The van der Waals surface area contributed by atoms with Crippen molar-refractivity contribution in [3.8, 4) is 0 Å². The summed E-state index contributed by atoms with van der Waals surface area (Å²) in [4.78, 5) is 18.8. The van der Waals surface area contributed by atoms with E-state index in [1.54, 1.807) is 12.1 Å². The normalized spacial score (nSPS) is 11.8. The van der Waals surface area contributed by atoms with Crippen LogP contribution < -0.4 is 5.32 Å². The molecule has 2 heterocycles. The quantitative estimate of drug-likeness (QED) is 0.484. The Morgan fingerprint density at radius 1 is 1.35 bits per heavy atom. The molecule has 2 aromatic heterocycles. The molecule has 0 saturated carbocycles. The van der Waals surface area contributed by atoms with Crippen molar-refractivity contribution in [2.45, 2.75) is 5.54 Å². The van der Waals surface area contributed by atoms with Crippen LogP contribution in [0.4, 0.5) is 0 Å². The molecule has 8 heteroatoms. The fraction of sp³-hybridized carbons (Fsp3) is 0.333. The number of carbonyl (C=O) groups excluding carboxylic acids is 1. The number of nitrogens with zero attached hydrogens (tertiary/aromatic N) is 1. The van der Waals surface area contributed by atoms with Crippen molar-refractivity contribution >= 4 is 28.4 Å². The summed E-state index contributed by atoms with van der Waals surface area (Å²) in [5, 5.41) is 30.9. The summed E-state index contributed by atoms with van der Waals surface area (Å²) in [6.07, 6.45) is 1.51. The zero-order chi connectivity index (χ0) is 14.8. The van der Waals surface area contributed by atoms with Crippen molar-refractivity contribution in [3.05, 3.63) is 29.2 Å². The summed E-state index contributed by atoms with van der Waals surface area (Å²) in [5.41, 5.74) is -0.771. The Hall–Kier alpha value is -1.67. The number of aromatic amines is 1. The SMILES string of the molecule is O=C(NC(CO)(CO)CO)c1cc2ccnc(Cl)c2[nH]1. The van der Waals surface area contributed by atoms with Gasteiger partial charge in [-0.2, -0.15) is 0 Å². The zero-order valence-electron chi connectivity index (χ0n) is 10.4. The lowest BCUT2D eigenvalue weighted by Gasteiger charge is -2.28. The molecule has 0 aliphatic carbocycles. The third-order valence-corrected chi connectivity index (χ3v) is 3.31. The summed E-state index contributed by atoms with van der Waals surface area (Å²) in [6, 6.07) is 3.25. The second-order valence-corrected chi connectivity index (χ2v) is 4.82. The van der Waals surface area contributed by atoms with Crippen LogP contribution in [0.2, 0.25) is 5.15 Å². The highest BCUT2D eigenvalue weighted by molar-refractivity contribution is 6.33. The average molecular weight is 300 g/mol. The summed E-state index contributed by atoms with van der Waals surface area (Å²) in [7, 11) is 0. The molecular formula is C12H14ClN3O4. The number of aromatic nitrogens is 2. The molecule has 0 aliphatic heterocycles. The first kappa shape index (κ1) is 14.7. The number of pyridine rings is 1. The van der Waals surface area contributed by atoms with Gasteiger partial charge in [-0.3, -0.25) is 4.79 Å². The fourth-order valence-electron chi connectivity index (χ4n) is 1.72. The van der Waals surface area contributed by atoms with E-state index >= 15 is 0 Å². The Morgan fingerprint density at radius 2 is 2.00 bits per heavy atom. The van der Waals surface area contributed by atoms with E-state index in [1.807, 2.05) is 0 Å². The van der Waals surface area contributed by atoms with Crippen molar-refractivity contribution in [1.29, 1.82) is 0 Å². The van der Waals surface area contributed by atoms with Gasteiger partial charge < -0.3 is 25.6 Å².